The number of piperazine rings is 1. The van der Waals surface area contributed by atoms with Crippen LogP contribution in [0.5, 0.6) is 0 Å². The Morgan fingerprint density at radius 1 is 1.63 bits per heavy atom. The maximum absolute atomic E-state index is 12.0. The Morgan fingerprint density at radius 2 is 2.42 bits per heavy atom. The van der Waals surface area contributed by atoms with Crippen molar-refractivity contribution in [2.45, 2.75) is 19.9 Å². The van der Waals surface area contributed by atoms with Crippen molar-refractivity contribution in [2.75, 3.05) is 31.1 Å². The highest BCUT2D eigenvalue weighted by molar-refractivity contribution is 5.85. The van der Waals surface area contributed by atoms with Gasteiger partial charge in [-0.2, -0.15) is 0 Å². The summed E-state index contributed by atoms with van der Waals surface area (Å²) in [4.78, 5) is 32.4. The highest BCUT2D eigenvalue weighted by atomic mass is 16.2. The summed E-state index contributed by atoms with van der Waals surface area (Å²) < 4.78 is 0. The lowest BCUT2D eigenvalue weighted by atomic mass is 10.1. The SMILES string of the molecule is CCNC(=O)C1CNCCN1c1cc(=O)[nH]c(C)n1. The molecule has 19 heavy (non-hydrogen) atoms. The largest absolute Gasteiger partial charge is 0.355 e. The van der Waals surface area contributed by atoms with Gasteiger partial charge in [0.15, 0.2) is 0 Å². The van der Waals surface area contributed by atoms with Crippen LogP contribution in [0.3, 0.4) is 0 Å². The van der Waals surface area contributed by atoms with E-state index in [2.05, 4.69) is 20.6 Å². The van der Waals surface area contributed by atoms with E-state index in [4.69, 9.17) is 0 Å². The lowest BCUT2D eigenvalue weighted by Crippen LogP contribution is -2.58. The van der Waals surface area contributed by atoms with E-state index in [1.54, 1.807) is 6.92 Å². The number of nitrogens with one attached hydrogen (secondary N) is 3. The molecule has 2 heterocycles. The first-order chi connectivity index (χ1) is 9.11. The molecule has 1 aliphatic rings. The van der Waals surface area contributed by atoms with Crippen molar-refractivity contribution in [1.29, 1.82) is 0 Å². The van der Waals surface area contributed by atoms with Crippen LogP contribution < -0.4 is 21.1 Å². The lowest BCUT2D eigenvalue weighted by molar-refractivity contribution is -0.122. The molecular weight excluding hydrogens is 246 g/mol. The number of nitrogens with zero attached hydrogens (tertiary/aromatic N) is 2. The Hall–Kier alpha value is -1.89. The van der Waals surface area contributed by atoms with Crippen molar-refractivity contribution in [3.05, 3.63) is 22.2 Å². The monoisotopic (exact) mass is 265 g/mol. The molecule has 7 heteroatoms. The lowest BCUT2D eigenvalue weighted by Gasteiger charge is -2.35. The molecule has 104 valence electrons. The van der Waals surface area contributed by atoms with Crippen molar-refractivity contribution in [3.63, 3.8) is 0 Å². The Bertz CT molecular complexity index is 513. The van der Waals surface area contributed by atoms with E-state index in [9.17, 15) is 9.59 Å². The number of aryl methyl sites for hydroxylation is 1. The molecule has 7 nitrogen and oxygen atoms in total. The average molecular weight is 265 g/mol. The molecule has 1 aliphatic heterocycles. The minimum absolute atomic E-state index is 0.0468. The quantitative estimate of drug-likeness (QED) is 0.652. The maximum Gasteiger partial charge on any atom is 0.252 e. The van der Waals surface area contributed by atoms with Gasteiger partial charge in [-0.15, -0.1) is 0 Å². The van der Waals surface area contributed by atoms with Crippen LogP contribution in [0.2, 0.25) is 0 Å². The van der Waals surface area contributed by atoms with Gasteiger partial charge in [-0.25, -0.2) is 4.98 Å². The van der Waals surface area contributed by atoms with Gasteiger partial charge in [0.05, 0.1) is 0 Å². The highest BCUT2D eigenvalue weighted by Crippen LogP contribution is 2.14. The molecule has 1 aromatic heterocycles. The Morgan fingerprint density at radius 3 is 3.11 bits per heavy atom. The first kappa shape index (κ1) is 13.5. The number of anilines is 1. The van der Waals surface area contributed by atoms with Gasteiger partial charge in [0.25, 0.3) is 5.56 Å². The molecule has 1 atom stereocenters. The Kier molecular flexibility index (Phi) is 4.16. The van der Waals surface area contributed by atoms with Gasteiger partial charge in [-0.1, -0.05) is 0 Å². The van der Waals surface area contributed by atoms with Crippen molar-refractivity contribution in [1.82, 2.24) is 20.6 Å². The van der Waals surface area contributed by atoms with Crippen LogP contribution in [0.1, 0.15) is 12.7 Å². The van der Waals surface area contributed by atoms with Crippen molar-refractivity contribution in [3.8, 4) is 0 Å². The third-order valence-electron chi connectivity index (χ3n) is 3.04. The summed E-state index contributed by atoms with van der Waals surface area (Å²) in [7, 11) is 0. The molecule has 0 saturated carbocycles. The molecule has 1 amide bonds. The smallest absolute Gasteiger partial charge is 0.252 e. The van der Waals surface area contributed by atoms with Gasteiger partial charge >= 0.3 is 0 Å². The van der Waals surface area contributed by atoms with Crippen LogP contribution in [0.4, 0.5) is 5.82 Å². The molecule has 0 spiro atoms. The van der Waals surface area contributed by atoms with E-state index in [1.165, 1.54) is 6.07 Å². The number of hydrogen-bond donors (Lipinski definition) is 3. The fourth-order valence-corrected chi connectivity index (χ4v) is 2.22. The predicted molar refractivity (Wildman–Crippen MR) is 72.3 cm³/mol. The number of carbonyl (C=O) groups is 1. The molecule has 1 unspecified atom stereocenters. The third kappa shape index (κ3) is 3.11. The summed E-state index contributed by atoms with van der Waals surface area (Å²) in [6.07, 6.45) is 0. The molecule has 2 rings (SSSR count). The van der Waals surface area contributed by atoms with Gasteiger partial charge < -0.3 is 20.5 Å². The molecule has 0 bridgehead atoms. The van der Waals surface area contributed by atoms with Gasteiger partial charge in [0.2, 0.25) is 5.91 Å². The van der Waals surface area contributed by atoms with Crippen molar-refractivity contribution < 1.29 is 4.79 Å². The molecule has 3 N–H and O–H groups in total. The Balaban J connectivity index is 2.28. The molecule has 0 radical (unpaired) electrons. The van der Waals surface area contributed by atoms with Crippen LogP contribution in [0.15, 0.2) is 10.9 Å². The number of aromatic nitrogens is 2. The van der Waals surface area contributed by atoms with Gasteiger partial charge in [0.1, 0.15) is 17.7 Å². The highest BCUT2D eigenvalue weighted by Gasteiger charge is 2.29. The predicted octanol–water partition coefficient (Wildman–Crippen LogP) is -1.01. The van der Waals surface area contributed by atoms with Gasteiger partial charge in [0, 0.05) is 32.2 Å². The van der Waals surface area contributed by atoms with E-state index in [0.717, 1.165) is 6.54 Å². The van der Waals surface area contributed by atoms with Crippen LogP contribution >= 0.6 is 0 Å². The minimum Gasteiger partial charge on any atom is -0.355 e. The molecule has 1 fully saturated rings. The van der Waals surface area contributed by atoms with E-state index >= 15 is 0 Å². The summed E-state index contributed by atoms with van der Waals surface area (Å²) in [5.74, 6) is 1.06. The summed E-state index contributed by atoms with van der Waals surface area (Å²) in [6.45, 7) is 6.17. The molecule has 0 aliphatic carbocycles. The summed E-state index contributed by atoms with van der Waals surface area (Å²) >= 11 is 0. The second-order valence-electron chi connectivity index (χ2n) is 4.50. The Labute approximate surface area is 111 Å². The summed E-state index contributed by atoms with van der Waals surface area (Å²) in [5, 5.41) is 6.00. The zero-order chi connectivity index (χ0) is 13.8. The number of likely N-dealkylation sites (N-methyl/N-ethyl adjacent to an activating group) is 1. The molecule has 1 aromatic rings. The van der Waals surface area contributed by atoms with Crippen molar-refractivity contribution in [2.24, 2.45) is 0 Å². The van der Waals surface area contributed by atoms with Crippen LogP contribution in [0, 0.1) is 6.92 Å². The summed E-state index contributed by atoms with van der Waals surface area (Å²) in [6, 6.07) is 1.10. The maximum atomic E-state index is 12.0. The normalized spacial score (nSPS) is 19.3. The number of amides is 1. The zero-order valence-corrected chi connectivity index (χ0v) is 11.2. The van der Waals surface area contributed by atoms with Crippen LogP contribution in [-0.4, -0.2) is 48.1 Å². The van der Waals surface area contributed by atoms with Crippen molar-refractivity contribution >= 4 is 11.7 Å². The van der Waals surface area contributed by atoms with Crippen LogP contribution in [0.25, 0.3) is 0 Å². The van der Waals surface area contributed by atoms with E-state index in [1.807, 2.05) is 11.8 Å². The average Bonchev–Trinajstić information content (AvgIpc) is 2.38. The first-order valence-electron chi connectivity index (χ1n) is 6.45. The first-order valence-corrected chi connectivity index (χ1v) is 6.45. The number of carbonyl (C=O) groups excluding carboxylic acids is 1. The minimum atomic E-state index is -0.331. The third-order valence-corrected chi connectivity index (χ3v) is 3.04. The van der Waals surface area contributed by atoms with Gasteiger partial charge in [-0.05, 0) is 13.8 Å². The van der Waals surface area contributed by atoms with E-state index in [0.29, 0.717) is 31.3 Å². The number of aromatic amines is 1. The fraction of sp³-hybridized carbons (Fsp3) is 0.583. The standard InChI is InChI=1S/C12H19N5O2/c1-3-14-12(19)9-7-13-4-5-17(9)10-6-11(18)16-8(2)15-10/h6,9,13H,3-5,7H2,1-2H3,(H,14,19)(H,15,16,18). The van der Waals surface area contributed by atoms with Crippen LogP contribution in [-0.2, 0) is 4.79 Å². The van der Waals surface area contributed by atoms with Gasteiger partial charge in [-0.3, -0.25) is 9.59 Å². The second-order valence-corrected chi connectivity index (χ2v) is 4.50. The fourth-order valence-electron chi connectivity index (χ4n) is 2.22. The molecule has 1 saturated heterocycles. The number of hydrogen-bond acceptors (Lipinski definition) is 5. The molecule has 0 aromatic carbocycles. The number of H-pyrrole nitrogens is 1. The molecular formula is C12H19N5O2. The van der Waals surface area contributed by atoms with E-state index < -0.39 is 0 Å². The van der Waals surface area contributed by atoms with E-state index in [-0.39, 0.29) is 17.5 Å². The zero-order valence-electron chi connectivity index (χ0n) is 11.2. The topological polar surface area (TPSA) is 90.1 Å². The second kappa shape index (κ2) is 5.83. The number of rotatable bonds is 3. The summed E-state index contributed by atoms with van der Waals surface area (Å²) in [5.41, 5.74) is -0.198.